The summed E-state index contributed by atoms with van der Waals surface area (Å²) in [7, 11) is 0. The van der Waals surface area contributed by atoms with E-state index in [0.717, 1.165) is 31.6 Å². The number of nitrogens with zero attached hydrogens (tertiary/aromatic N) is 1. The molecule has 1 aliphatic carbocycles. The molecule has 1 aliphatic heterocycles. The van der Waals surface area contributed by atoms with Crippen molar-refractivity contribution in [2.75, 3.05) is 25.6 Å². The van der Waals surface area contributed by atoms with Gasteiger partial charge in [-0.05, 0) is 32.2 Å². The summed E-state index contributed by atoms with van der Waals surface area (Å²) in [5.74, 6) is 0.788. The van der Waals surface area contributed by atoms with Gasteiger partial charge in [-0.15, -0.1) is 11.6 Å². The van der Waals surface area contributed by atoms with Crippen LogP contribution in [0.4, 0.5) is 0 Å². The fraction of sp³-hybridized carbons (Fsp3) is 1.00. The SMILES string of the molecule is ClCCCN(C1CCC1)C1CCOC1. The van der Waals surface area contributed by atoms with Crippen LogP contribution in [0.3, 0.4) is 0 Å². The van der Waals surface area contributed by atoms with Gasteiger partial charge in [-0.2, -0.15) is 0 Å². The van der Waals surface area contributed by atoms with E-state index in [2.05, 4.69) is 4.90 Å². The fourth-order valence-electron chi connectivity index (χ4n) is 2.41. The Morgan fingerprint density at radius 3 is 2.57 bits per heavy atom. The molecule has 1 saturated heterocycles. The first kappa shape index (κ1) is 10.7. The molecule has 82 valence electrons. The zero-order valence-corrected chi connectivity index (χ0v) is 9.51. The van der Waals surface area contributed by atoms with E-state index in [1.807, 2.05) is 0 Å². The molecule has 0 aromatic rings. The summed E-state index contributed by atoms with van der Waals surface area (Å²) in [5, 5.41) is 0. The van der Waals surface area contributed by atoms with Crippen LogP contribution in [0, 0.1) is 0 Å². The van der Waals surface area contributed by atoms with Crippen LogP contribution < -0.4 is 0 Å². The lowest BCUT2D eigenvalue weighted by molar-refractivity contribution is 0.0685. The van der Waals surface area contributed by atoms with E-state index < -0.39 is 0 Å². The molecule has 0 spiro atoms. The molecule has 1 unspecified atom stereocenters. The van der Waals surface area contributed by atoms with Crippen molar-refractivity contribution in [2.24, 2.45) is 0 Å². The van der Waals surface area contributed by atoms with Crippen molar-refractivity contribution in [2.45, 2.75) is 44.2 Å². The highest BCUT2D eigenvalue weighted by atomic mass is 35.5. The van der Waals surface area contributed by atoms with Crippen LogP contribution in [0.15, 0.2) is 0 Å². The second kappa shape index (κ2) is 5.34. The lowest BCUT2D eigenvalue weighted by Crippen LogP contribution is -2.47. The Morgan fingerprint density at radius 1 is 1.21 bits per heavy atom. The molecule has 0 bridgehead atoms. The molecule has 2 rings (SSSR count). The lowest BCUT2D eigenvalue weighted by atomic mass is 9.90. The smallest absolute Gasteiger partial charge is 0.0622 e. The Bertz CT molecular complexity index is 167. The summed E-state index contributed by atoms with van der Waals surface area (Å²) in [6.45, 7) is 3.07. The highest BCUT2D eigenvalue weighted by Crippen LogP contribution is 2.28. The van der Waals surface area contributed by atoms with Gasteiger partial charge in [0.2, 0.25) is 0 Å². The molecule has 1 atom stereocenters. The molecular weight excluding hydrogens is 198 g/mol. The van der Waals surface area contributed by atoms with Crippen molar-refractivity contribution in [1.29, 1.82) is 0 Å². The van der Waals surface area contributed by atoms with Crippen molar-refractivity contribution < 1.29 is 4.74 Å². The van der Waals surface area contributed by atoms with Gasteiger partial charge in [-0.1, -0.05) is 6.42 Å². The zero-order valence-electron chi connectivity index (χ0n) is 8.75. The molecule has 1 heterocycles. The van der Waals surface area contributed by atoms with Gasteiger partial charge in [0.1, 0.15) is 0 Å². The summed E-state index contributed by atoms with van der Waals surface area (Å²) < 4.78 is 5.46. The van der Waals surface area contributed by atoms with E-state index in [0.29, 0.717) is 6.04 Å². The van der Waals surface area contributed by atoms with Gasteiger partial charge >= 0.3 is 0 Å². The van der Waals surface area contributed by atoms with E-state index in [-0.39, 0.29) is 0 Å². The summed E-state index contributed by atoms with van der Waals surface area (Å²) >= 11 is 5.76. The first-order valence-corrected chi connectivity index (χ1v) is 6.34. The molecule has 2 fully saturated rings. The Balaban J connectivity index is 1.83. The largest absolute Gasteiger partial charge is 0.380 e. The number of alkyl halides is 1. The molecule has 0 N–H and O–H groups in total. The maximum atomic E-state index is 5.76. The Hall–Kier alpha value is 0.210. The number of hydrogen-bond donors (Lipinski definition) is 0. The quantitative estimate of drug-likeness (QED) is 0.656. The van der Waals surface area contributed by atoms with E-state index in [4.69, 9.17) is 16.3 Å². The number of ether oxygens (including phenoxy) is 1. The molecule has 0 amide bonds. The van der Waals surface area contributed by atoms with Gasteiger partial charge in [0.15, 0.2) is 0 Å². The maximum absolute atomic E-state index is 5.76. The predicted octanol–water partition coefficient (Wildman–Crippen LogP) is 2.26. The van der Waals surface area contributed by atoms with E-state index >= 15 is 0 Å². The molecule has 0 radical (unpaired) electrons. The topological polar surface area (TPSA) is 12.5 Å². The van der Waals surface area contributed by atoms with E-state index in [1.54, 1.807) is 0 Å². The average Bonchev–Trinajstić information content (AvgIpc) is 2.61. The van der Waals surface area contributed by atoms with Gasteiger partial charge in [0.05, 0.1) is 6.61 Å². The third-order valence-corrected chi connectivity index (χ3v) is 3.74. The second-order valence-electron chi connectivity index (χ2n) is 4.38. The monoisotopic (exact) mass is 217 g/mol. The van der Waals surface area contributed by atoms with Crippen LogP contribution in [0.5, 0.6) is 0 Å². The van der Waals surface area contributed by atoms with Crippen molar-refractivity contribution in [3.63, 3.8) is 0 Å². The molecule has 2 aliphatic rings. The minimum Gasteiger partial charge on any atom is -0.380 e. The van der Waals surface area contributed by atoms with E-state index in [1.165, 1.54) is 32.2 Å². The minimum absolute atomic E-state index is 0.684. The van der Waals surface area contributed by atoms with E-state index in [9.17, 15) is 0 Å². The second-order valence-corrected chi connectivity index (χ2v) is 4.76. The zero-order chi connectivity index (χ0) is 9.80. The molecule has 0 aromatic heterocycles. The third-order valence-electron chi connectivity index (χ3n) is 3.47. The number of hydrogen-bond acceptors (Lipinski definition) is 2. The molecule has 0 aromatic carbocycles. The minimum atomic E-state index is 0.684. The molecule has 2 nitrogen and oxygen atoms in total. The Labute approximate surface area is 91.6 Å². The highest BCUT2D eigenvalue weighted by Gasteiger charge is 2.31. The van der Waals surface area contributed by atoms with Crippen molar-refractivity contribution in [1.82, 2.24) is 4.90 Å². The molecule has 1 saturated carbocycles. The summed E-state index contributed by atoms with van der Waals surface area (Å²) in [4.78, 5) is 2.65. The van der Waals surface area contributed by atoms with Gasteiger partial charge in [-0.3, -0.25) is 4.90 Å². The van der Waals surface area contributed by atoms with Crippen LogP contribution in [0.1, 0.15) is 32.1 Å². The van der Waals surface area contributed by atoms with Crippen LogP contribution in [0.2, 0.25) is 0 Å². The van der Waals surface area contributed by atoms with Crippen molar-refractivity contribution >= 4 is 11.6 Å². The first-order valence-electron chi connectivity index (χ1n) is 5.81. The number of rotatable bonds is 5. The highest BCUT2D eigenvalue weighted by molar-refractivity contribution is 6.17. The van der Waals surface area contributed by atoms with Crippen LogP contribution in [0.25, 0.3) is 0 Å². The van der Waals surface area contributed by atoms with Crippen LogP contribution in [-0.4, -0.2) is 42.6 Å². The summed E-state index contributed by atoms with van der Waals surface area (Å²) in [5.41, 5.74) is 0. The molecular formula is C11H20ClNO. The average molecular weight is 218 g/mol. The Morgan fingerprint density at radius 2 is 2.07 bits per heavy atom. The van der Waals surface area contributed by atoms with Gasteiger partial charge in [0, 0.05) is 24.6 Å². The van der Waals surface area contributed by atoms with Gasteiger partial charge in [0.25, 0.3) is 0 Å². The van der Waals surface area contributed by atoms with Gasteiger partial charge in [-0.25, -0.2) is 0 Å². The normalized spacial score (nSPS) is 28.3. The fourth-order valence-corrected chi connectivity index (χ4v) is 2.53. The van der Waals surface area contributed by atoms with Gasteiger partial charge < -0.3 is 4.74 Å². The Kier molecular flexibility index (Phi) is 4.09. The summed E-state index contributed by atoms with van der Waals surface area (Å²) in [6.07, 6.45) is 6.53. The first-order chi connectivity index (χ1) is 6.92. The molecule has 14 heavy (non-hydrogen) atoms. The van der Waals surface area contributed by atoms with Crippen LogP contribution in [-0.2, 0) is 4.74 Å². The maximum Gasteiger partial charge on any atom is 0.0622 e. The van der Waals surface area contributed by atoms with Crippen LogP contribution >= 0.6 is 11.6 Å². The van der Waals surface area contributed by atoms with Crippen molar-refractivity contribution in [3.05, 3.63) is 0 Å². The van der Waals surface area contributed by atoms with Crippen molar-refractivity contribution in [3.8, 4) is 0 Å². The molecule has 3 heteroatoms. The number of halogens is 1. The third kappa shape index (κ3) is 2.41. The summed E-state index contributed by atoms with van der Waals surface area (Å²) in [6, 6.07) is 1.52. The lowest BCUT2D eigenvalue weighted by Gasteiger charge is -2.40. The predicted molar refractivity (Wildman–Crippen MR) is 58.9 cm³/mol. The standard InChI is InChI=1S/C11H20ClNO/c12-6-2-7-13(10-3-1-4-10)11-5-8-14-9-11/h10-11H,1-9H2.